The van der Waals surface area contributed by atoms with Crippen LogP contribution in [0.4, 0.5) is 11.4 Å². The van der Waals surface area contributed by atoms with Gasteiger partial charge in [-0.25, -0.2) is 4.90 Å². The monoisotopic (exact) mass is 362 g/mol. The summed E-state index contributed by atoms with van der Waals surface area (Å²) in [5.74, 6) is -0.481. The summed E-state index contributed by atoms with van der Waals surface area (Å²) in [5, 5.41) is 3.90. The first kappa shape index (κ1) is 16.8. The van der Waals surface area contributed by atoms with E-state index in [1.165, 1.54) is 4.90 Å². The summed E-state index contributed by atoms with van der Waals surface area (Å²) in [4.78, 5) is 26.4. The van der Waals surface area contributed by atoms with Crippen LogP contribution in [0.1, 0.15) is 17.5 Å². The molecule has 0 aromatic heterocycles. The molecule has 0 unspecified atom stereocenters. The molecule has 1 aliphatic rings. The Morgan fingerprint density at radius 3 is 2.54 bits per heavy atom. The third-order valence-electron chi connectivity index (χ3n) is 4.22. The number of imide groups is 1. The van der Waals surface area contributed by atoms with Gasteiger partial charge in [-0.1, -0.05) is 35.3 Å². The van der Waals surface area contributed by atoms with Gasteiger partial charge in [0, 0.05) is 5.69 Å². The minimum atomic E-state index is -0.616. The van der Waals surface area contributed by atoms with E-state index in [1.807, 2.05) is 26.0 Å². The molecular formula is C18H16Cl2N2O2. The molecule has 0 saturated carbocycles. The van der Waals surface area contributed by atoms with E-state index in [0.717, 1.165) is 11.1 Å². The summed E-state index contributed by atoms with van der Waals surface area (Å²) in [6.45, 7) is 3.86. The smallest absolute Gasteiger partial charge is 0.256 e. The molecule has 0 bridgehead atoms. The van der Waals surface area contributed by atoms with Crippen molar-refractivity contribution >= 4 is 46.4 Å². The number of halogens is 2. The fourth-order valence-electron chi connectivity index (χ4n) is 2.76. The van der Waals surface area contributed by atoms with Crippen LogP contribution in [0, 0.1) is 13.8 Å². The highest BCUT2D eigenvalue weighted by Gasteiger charge is 2.40. The van der Waals surface area contributed by atoms with Crippen molar-refractivity contribution in [2.45, 2.75) is 26.3 Å². The maximum absolute atomic E-state index is 12.7. The molecule has 2 aromatic rings. The van der Waals surface area contributed by atoms with Gasteiger partial charge < -0.3 is 5.32 Å². The molecule has 124 valence electrons. The maximum atomic E-state index is 12.7. The third kappa shape index (κ3) is 2.99. The Morgan fingerprint density at radius 2 is 1.83 bits per heavy atom. The largest absolute Gasteiger partial charge is 0.373 e. The summed E-state index contributed by atoms with van der Waals surface area (Å²) in [6.07, 6.45) is 0.104. The zero-order valence-corrected chi connectivity index (χ0v) is 14.8. The molecule has 2 aromatic carbocycles. The fourth-order valence-corrected chi connectivity index (χ4v) is 3.06. The molecule has 0 aliphatic carbocycles. The average molecular weight is 363 g/mol. The van der Waals surface area contributed by atoms with E-state index in [2.05, 4.69) is 5.32 Å². The van der Waals surface area contributed by atoms with Gasteiger partial charge in [-0.2, -0.15) is 0 Å². The number of carbonyl (C=O) groups excluding carboxylic acids is 2. The number of aryl methyl sites for hydroxylation is 1. The second-order valence-electron chi connectivity index (χ2n) is 5.82. The first-order chi connectivity index (χ1) is 11.4. The molecule has 2 amide bonds. The lowest BCUT2D eigenvalue weighted by Gasteiger charge is -2.19. The van der Waals surface area contributed by atoms with Crippen LogP contribution in [0.15, 0.2) is 36.4 Å². The highest BCUT2D eigenvalue weighted by atomic mass is 35.5. The van der Waals surface area contributed by atoms with Gasteiger partial charge in [-0.05, 0) is 49.2 Å². The SMILES string of the molecule is Cc1cccc(N2C(=O)C[C@H](Nc3ccc(Cl)c(Cl)c3)C2=O)c1C. The zero-order valence-electron chi connectivity index (χ0n) is 13.3. The molecule has 1 atom stereocenters. The zero-order chi connectivity index (χ0) is 17.4. The van der Waals surface area contributed by atoms with Crippen LogP contribution in [0.3, 0.4) is 0 Å². The normalized spacial score (nSPS) is 17.5. The molecule has 3 rings (SSSR count). The lowest BCUT2D eigenvalue weighted by molar-refractivity contribution is -0.121. The number of hydrogen-bond acceptors (Lipinski definition) is 3. The minimum absolute atomic E-state index is 0.104. The Kier molecular flexibility index (Phi) is 4.52. The fraction of sp³-hybridized carbons (Fsp3) is 0.222. The Bertz CT molecular complexity index is 836. The summed E-state index contributed by atoms with van der Waals surface area (Å²) >= 11 is 11.9. The molecule has 1 saturated heterocycles. The highest BCUT2D eigenvalue weighted by molar-refractivity contribution is 6.42. The molecule has 1 fully saturated rings. The van der Waals surface area contributed by atoms with Crippen LogP contribution < -0.4 is 10.2 Å². The van der Waals surface area contributed by atoms with Gasteiger partial charge in [0.1, 0.15) is 6.04 Å². The van der Waals surface area contributed by atoms with E-state index >= 15 is 0 Å². The van der Waals surface area contributed by atoms with Crippen LogP contribution in [-0.4, -0.2) is 17.9 Å². The van der Waals surface area contributed by atoms with E-state index in [-0.39, 0.29) is 18.2 Å². The predicted octanol–water partition coefficient (Wildman–Crippen LogP) is 4.35. The standard InChI is InChI=1S/C18H16Cl2N2O2/c1-10-4-3-5-16(11(10)2)22-17(23)9-15(18(22)24)21-12-6-7-13(19)14(20)8-12/h3-8,15,21H,9H2,1-2H3/t15-/m0/s1. The number of benzene rings is 2. The summed E-state index contributed by atoms with van der Waals surface area (Å²) in [7, 11) is 0. The number of amides is 2. The van der Waals surface area contributed by atoms with E-state index < -0.39 is 6.04 Å². The topological polar surface area (TPSA) is 49.4 Å². The van der Waals surface area contributed by atoms with Gasteiger partial charge in [-0.15, -0.1) is 0 Å². The molecule has 4 nitrogen and oxygen atoms in total. The van der Waals surface area contributed by atoms with E-state index in [4.69, 9.17) is 23.2 Å². The van der Waals surface area contributed by atoms with Crippen LogP contribution in [0.25, 0.3) is 0 Å². The lowest BCUT2D eigenvalue weighted by Crippen LogP contribution is -2.35. The number of nitrogens with zero attached hydrogens (tertiary/aromatic N) is 1. The molecule has 1 heterocycles. The van der Waals surface area contributed by atoms with Gasteiger partial charge in [0.25, 0.3) is 5.91 Å². The summed E-state index contributed by atoms with van der Waals surface area (Å²) in [5.41, 5.74) is 3.25. The van der Waals surface area contributed by atoms with Crippen molar-refractivity contribution < 1.29 is 9.59 Å². The van der Waals surface area contributed by atoms with Gasteiger partial charge in [0.2, 0.25) is 5.91 Å². The van der Waals surface area contributed by atoms with Crippen molar-refractivity contribution in [1.29, 1.82) is 0 Å². The quantitative estimate of drug-likeness (QED) is 0.825. The molecular weight excluding hydrogens is 347 g/mol. The van der Waals surface area contributed by atoms with Crippen molar-refractivity contribution in [2.75, 3.05) is 10.2 Å². The van der Waals surface area contributed by atoms with E-state index in [9.17, 15) is 9.59 Å². The average Bonchev–Trinajstić information content (AvgIpc) is 2.80. The first-order valence-corrected chi connectivity index (χ1v) is 8.28. The van der Waals surface area contributed by atoms with Gasteiger partial charge in [0.15, 0.2) is 0 Å². The van der Waals surface area contributed by atoms with E-state index in [0.29, 0.717) is 21.4 Å². The highest BCUT2D eigenvalue weighted by Crippen LogP contribution is 2.30. The van der Waals surface area contributed by atoms with Crippen molar-refractivity contribution in [1.82, 2.24) is 0 Å². The third-order valence-corrected chi connectivity index (χ3v) is 4.96. The number of nitrogens with one attached hydrogen (secondary N) is 1. The molecule has 24 heavy (non-hydrogen) atoms. The van der Waals surface area contributed by atoms with Crippen LogP contribution >= 0.6 is 23.2 Å². The maximum Gasteiger partial charge on any atom is 0.256 e. The number of rotatable bonds is 3. The Morgan fingerprint density at radius 1 is 1.08 bits per heavy atom. The lowest BCUT2D eigenvalue weighted by atomic mass is 10.1. The van der Waals surface area contributed by atoms with Crippen LogP contribution in [0.2, 0.25) is 10.0 Å². The molecule has 1 N–H and O–H groups in total. The van der Waals surface area contributed by atoms with Crippen LogP contribution in [-0.2, 0) is 9.59 Å². The molecule has 0 radical (unpaired) electrons. The molecule has 6 heteroatoms. The van der Waals surface area contributed by atoms with Crippen LogP contribution in [0.5, 0.6) is 0 Å². The van der Waals surface area contributed by atoms with Gasteiger partial charge in [0.05, 0.1) is 22.2 Å². The summed E-state index contributed by atoms with van der Waals surface area (Å²) in [6, 6.07) is 9.99. The molecule has 0 spiro atoms. The number of anilines is 2. The molecule has 1 aliphatic heterocycles. The second kappa shape index (κ2) is 6.46. The minimum Gasteiger partial charge on any atom is -0.373 e. The Labute approximate surface area is 150 Å². The first-order valence-electron chi connectivity index (χ1n) is 7.53. The Balaban J connectivity index is 1.86. The Hall–Kier alpha value is -2.04. The predicted molar refractivity (Wildman–Crippen MR) is 96.9 cm³/mol. The van der Waals surface area contributed by atoms with Crippen molar-refractivity contribution in [2.24, 2.45) is 0 Å². The van der Waals surface area contributed by atoms with Crippen molar-refractivity contribution in [3.8, 4) is 0 Å². The van der Waals surface area contributed by atoms with Crippen molar-refractivity contribution in [3.05, 3.63) is 57.6 Å². The van der Waals surface area contributed by atoms with Gasteiger partial charge >= 0.3 is 0 Å². The summed E-state index contributed by atoms with van der Waals surface area (Å²) < 4.78 is 0. The van der Waals surface area contributed by atoms with E-state index in [1.54, 1.807) is 24.3 Å². The van der Waals surface area contributed by atoms with Crippen molar-refractivity contribution in [3.63, 3.8) is 0 Å². The number of hydrogen-bond donors (Lipinski definition) is 1. The second-order valence-corrected chi connectivity index (χ2v) is 6.63. The van der Waals surface area contributed by atoms with Gasteiger partial charge in [-0.3, -0.25) is 9.59 Å². The number of carbonyl (C=O) groups is 2.